The molecule has 120 valence electrons. The molecule has 23 heavy (non-hydrogen) atoms. The number of nitrogens with one attached hydrogen (secondary N) is 2. The Labute approximate surface area is 138 Å². The molecule has 2 N–H and O–H groups in total. The third-order valence-electron chi connectivity index (χ3n) is 3.94. The molecular weight excluding hydrogens is 312 g/mol. The number of aromatic nitrogens is 2. The summed E-state index contributed by atoms with van der Waals surface area (Å²) in [4.78, 5) is 16.5. The average Bonchev–Trinajstić information content (AvgIpc) is 3.17. The maximum absolute atomic E-state index is 12.0. The number of amides is 2. The summed E-state index contributed by atoms with van der Waals surface area (Å²) in [5, 5.41) is 6.74. The summed E-state index contributed by atoms with van der Waals surface area (Å²) in [5.74, 6) is 1.99. The van der Waals surface area contributed by atoms with E-state index in [1.807, 2.05) is 31.3 Å². The predicted molar refractivity (Wildman–Crippen MR) is 89.0 cm³/mol. The van der Waals surface area contributed by atoms with Crippen LogP contribution in [0.25, 0.3) is 0 Å². The van der Waals surface area contributed by atoms with Crippen LogP contribution in [0.15, 0.2) is 29.6 Å². The molecule has 7 heteroatoms. The maximum atomic E-state index is 12.0. The van der Waals surface area contributed by atoms with Crippen molar-refractivity contribution in [1.82, 2.24) is 14.9 Å². The monoisotopic (exact) mass is 330 g/mol. The molecule has 4 rings (SSSR count). The molecule has 6 nitrogen and oxygen atoms in total. The third-order valence-corrected chi connectivity index (χ3v) is 4.91. The Balaban J connectivity index is 1.34. The summed E-state index contributed by atoms with van der Waals surface area (Å²) in [6.07, 6.45) is 3.09. The molecule has 0 unspecified atom stereocenters. The lowest BCUT2D eigenvalue weighted by Crippen LogP contribution is -2.28. The first-order valence-corrected chi connectivity index (χ1v) is 8.69. The van der Waals surface area contributed by atoms with E-state index in [9.17, 15) is 4.79 Å². The van der Waals surface area contributed by atoms with Crippen LogP contribution >= 0.6 is 11.8 Å². The van der Waals surface area contributed by atoms with Crippen LogP contribution in [-0.4, -0.2) is 27.4 Å². The van der Waals surface area contributed by atoms with Crippen LogP contribution in [-0.2, 0) is 19.5 Å². The van der Waals surface area contributed by atoms with Gasteiger partial charge < -0.3 is 19.9 Å². The van der Waals surface area contributed by atoms with E-state index in [0.29, 0.717) is 6.54 Å². The molecule has 1 aromatic carbocycles. The van der Waals surface area contributed by atoms with Crippen molar-refractivity contribution in [2.45, 2.75) is 37.7 Å². The smallest absolute Gasteiger partial charge is 0.319 e. The summed E-state index contributed by atoms with van der Waals surface area (Å²) >= 11 is 1.75. The average molecular weight is 330 g/mol. The third kappa shape index (κ3) is 3.01. The molecule has 2 aromatic rings. The van der Waals surface area contributed by atoms with Gasteiger partial charge in [0.25, 0.3) is 0 Å². The molecular formula is C16H18N4O2S. The first kappa shape index (κ1) is 14.4. The fourth-order valence-electron chi connectivity index (χ4n) is 2.89. The minimum atomic E-state index is -0.224. The molecule has 2 amide bonds. The number of thioether (sulfide) groups is 1. The Morgan fingerprint density at radius 3 is 3.30 bits per heavy atom. The molecule has 0 bridgehead atoms. The van der Waals surface area contributed by atoms with E-state index in [2.05, 4.69) is 20.2 Å². The Morgan fingerprint density at radius 1 is 1.52 bits per heavy atom. The molecule has 0 radical (unpaired) electrons. The summed E-state index contributed by atoms with van der Waals surface area (Å²) in [6.45, 7) is 3.46. The zero-order valence-corrected chi connectivity index (χ0v) is 13.7. The molecule has 0 saturated carbocycles. The second-order valence-electron chi connectivity index (χ2n) is 5.82. The number of ether oxygens (including phenoxy) is 1. The molecule has 2 aliphatic rings. The summed E-state index contributed by atoms with van der Waals surface area (Å²) in [5.41, 5.74) is 2.80. The van der Waals surface area contributed by atoms with Crippen molar-refractivity contribution >= 4 is 23.5 Å². The largest absolute Gasteiger partial charge is 0.490 e. The number of imidazole rings is 1. The molecule has 1 aromatic heterocycles. The van der Waals surface area contributed by atoms with E-state index in [1.165, 1.54) is 0 Å². The van der Waals surface area contributed by atoms with E-state index in [0.717, 1.165) is 46.6 Å². The van der Waals surface area contributed by atoms with Crippen molar-refractivity contribution in [2.24, 2.45) is 0 Å². The second-order valence-corrected chi connectivity index (χ2v) is 6.88. The van der Waals surface area contributed by atoms with Crippen LogP contribution in [0, 0.1) is 0 Å². The van der Waals surface area contributed by atoms with Gasteiger partial charge in [-0.1, -0.05) is 11.8 Å². The van der Waals surface area contributed by atoms with Gasteiger partial charge in [-0.15, -0.1) is 0 Å². The van der Waals surface area contributed by atoms with Gasteiger partial charge in [-0.2, -0.15) is 0 Å². The van der Waals surface area contributed by atoms with E-state index in [-0.39, 0.29) is 12.1 Å². The minimum Gasteiger partial charge on any atom is -0.490 e. The predicted octanol–water partition coefficient (Wildman–Crippen LogP) is 2.63. The van der Waals surface area contributed by atoms with E-state index >= 15 is 0 Å². The zero-order chi connectivity index (χ0) is 15.8. The number of carbonyl (C=O) groups is 1. The fourth-order valence-corrected chi connectivity index (χ4v) is 3.85. The maximum Gasteiger partial charge on any atom is 0.319 e. The SMILES string of the molecule is C[C@H]1Cc2cc(NC(=O)NCc3cn4c(n3)SCC4)ccc2O1. The summed E-state index contributed by atoms with van der Waals surface area (Å²) in [6, 6.07) is 5.52. The Hall–Kier alpha value is -2.15. The van der Waals surface area contributed by atoms with Gasteiger partial charge in [0.2, 0.25) is 0 Å². The van der Waals surface area contributed by atoms with Crippen molar-refractivity contribution in [3.63, 3.8) is 0 Å². The van der Waals surface area contributed by atoms with Crippen LogP contribution in [0.1, 0.15) is 18.2 Å². The van der Waals surface area contributed by atoms with Gasteiger partial charge in [-0.25, -0.2) is 9.78 Å². The lowest BCUT2D eigenvalue weighted by Gasteiger charge is -2.08. The normalized spacial score (nSPS) is 18.2. The van der Waals surface area contributed by atoms with Gasteiger partial charge in [-0.05, 0) is 30.7 Å². The van der Waals surface area contributed by atoms with Gasteiger partial charge in [0.05, 0.1) is 12.2 Å². The molecule has 2 aliphatic heterocycles. The van der Waals surface area contributed by atoms with Crippen LogP contribution in [0.3, 0.4) is 0 Å². The van der Waals surface area contributed by atoms with Crippen LogP contribution < -0.4 is 15.4 Å². The highest BCUT2D eigenvalue weighted by atomic mass is 32.2. The number of nitrogens with zero attached hydrogens (tertiary/aromatic N) is 2. The number of hydrogen-bond donors (Lipinski definition) is 2. The topological polar surface area (TPSA) is 68.2 Å². The van der Waals surface area contributed by atoms with Gasteiger partial charge in [-0.3, -0.25) is 0 Å². The van der Waals surface area contributed by atoms with Crippen molar-refractivity contribution in [3.05, 3.63) is 35.7 Å². The molecule has 0 spiro atoms. The minimum absolute atomic E-state index is 0.204. The van der Waals surface area contributed by atoms with E-state index in [1.54, 1.807) is 11.8 Å². The van der Waals surface area contributed by atoms with E-state index in [4.69, 9.17) is 4.74 Å². The number of hydrogen-bond acceptors (Lipinski definition) is 4. The number of aryl methyl sites for hydroxylation is 1. The molecule has 0 aliphatic carbocycles. The summed E-state index contributed by atoms with van der Waals surface area (Å²) in [7, 11) is 0. The zero-order valence-electron chi connectivity index (χ0n) is 12.8. The van der Waals surface area contributed by atoms with Gasteiger partial charge >= 0.3 is 6.03 Å². The lowest BCUT2D eigenvalue weighted by atomic mass is 10.1. The van der Waals surface area contributed by atoms with Gasteiger partial charge in [0.1, 0.15) is 11.9 Å². The van der Waals surface area contributed by atoms with Crippen LogP contribution in [0.5, 0.6) is 5.75 Å². The number of urea groups is 1. The number of carbonyl (C=O) groups excluding carboxylic acids is 1. The van der Waals surface area contributed by atoms with Crippen molar-refractivity contribution in [2.75, 3.05) is 11.1 Å². The molecule has 1 atom stereocenters. The number of benzene rings is 1. The quantitative estimate of drug-likeness (QED) is 0.908. The first-order valence-electron chi connectivity index (χ1n) is 7.70. The number of rotatable bonds is 3. The number of fused-ring (bicyclic) bond motifs is 2. The second kappa shape index (κ2) is 5.81. The Bertz CT molecular complexity index is 737. The molecule has 0 fully saturated rings. The van der Waals surface area contributed by atoms with Crippen molar-refractivity contribution in [1.29, 1.82) is 0 Å². The standard InChI is InChI=1S/C16H18N4O2S/c1-10-6-11-7-12(2-3-14(11)22-10)18-15(21)17-8-13-9-20-4-5-23-16(20)19-13/h2-3,7,9-10H,4-6,8H2,1H3,(H2,17,18,21)/t10-/m0/s1. The first-order chi connectivity index (χ1) is 11.2. The Kier molecular flexibility index (Phi) is 3.65. The Morgan fingerprint density at radius 2 is 2.43 bits per heavy atom. The molecule has 0 saturated heterocycles. The summed E-state index contributed by atoms with van der Waals surface area (Å²) < 4.78 is 7.79. The highest BCUT2D eigenvalue weighted by Crippen LogP contribution is 2.31. The highest BCUT2D eigenvalue weighted by molar-refractivity contribution is 7.99. The van der Waals surface area contributed by atoms with E-state index < -0.39 is 0 Å². The fraction of sp³-hybridized carbons (Fsp3) is 0.375. The number of anilines is 1. The van der Waals surface area contributed by atoms with Crippen LogP contribution in [0.2, 0.25) is 0 Å². The highest BCUT2D eigenvalue weighted by Gasteiger charge is 2.19. The van der Waals surface area contributed by atoms with Crippen LogP contribution in [0.4, 0.5) is 10.5 Å². The van der Waals surface area contributed by atoms with Crippen molar-refractivity contribution < 1.29 is 9.53 Å². The van der Waals surface area contributed by atoms with Gasteiger partial charge in [0.15, 0.2) is 5.16 Å². The van der Waals surface area contributed by atoms with Crippen molar-refractivity contribution in [3.8, 4) is 5.75 Å². The lowest BCUT2D eigenvalue weighted by molar-refractivity contribution is 0.251. The van der Waals surface area contributed by atoms with Gasteiger partial charge in [0, 0.05) is 30.6 Å². The molecule has 3 heterocycles.